The molecule has 2 unspecified atom stereocenters. The van der Waals surface area contributed by atoms with E-state index in [2.05, 4.69) is 28.8 Å². The summed E-state index contributed by atoms with van der Waals surface area (Å²) in [4.78, 5) is 12.0. The molecule has 1 aromatic carbocycles. The van der Waals surface area contributed by atoms with Gasteiger partial charge in [0.05, 0.1) is 28.9 Å². The molecule has 170 valence electrons. The summed E-state index contributed by atoms with van der Waals surface area (Å²) in [5.74, 6) is 10.4. The molecule has 3 rings (SSSR count). The Bertz CT molecular complexity index is 1130. The Kier molecular flexibility index (Phi) is 7.67. The maximum Gasteiger partial charge on any atom is 0.250 e. The summed E-state index contributed by atoms with van der Waals surface area (Å²) in [6, 6.07) is 5.49. The van der Waals surface area contributed by atoms with E-state index in [1.807, 2.05) is 18.2 Å². The minimum atomic E-state index is -2.19. The van der Waals surface area contributed by atoms with Gasteiger partial charge in [-0.05, 0) is 56.2 Å². The average Bonchev–Trinajstić information content (AvgIpc) is 3.30. The second-order valence-electron chi connectivity index (χ2n) is 8.21. The number of carbonyl (C=O) groups is 1. The predicted molar refractivity (Wildman–Crippen MR) is 117 cm³/mol. The highest BCUT2D eigenvalue weighted by Crippen LogP contribution is 2.25. The number of aliphatic hydroxyl groups is 2. The van der Waals surface area contributed by atoms with Crippen LogP contribution in [0, 0.1) is 35.0 Å². The van der Waals surface area contributed by atoms with E-state index in [0.717, 1.165) is 16.5 Å². The molecule has 1 aromatic heterocycles. The van der Waals surface area contributed by atoms with Gasteiger partial charge in [-0.2, -0.15) is 5.10 Å². The van der Waals surface area contributed by atoms with Gasteiger partial charge in [0, 0.05) is 29.6 Å². The standard InChI is InChI=1S/C22H25N3O6S/c1-22(14-32(30)31,21(28)24-29)8-9-25-13-17-10-15(6-7-18(17)23-25)4-2-3-5-16-11-19(26)20(27)12-16/h6-7,10,13,16,19-20,26-27,29H,8-9,11-12,14H2,1H3,(H,24,28)(H,30,31)/t16?,19-,20+,22-/m0/s1. The van der Waals surface area contributed by atoms with E-state index in [-0.39, 0.29) is 18.1 Å². The zero-order valence-corrected chi connectivity index (χ0v) is 18.3. The molecule has 1 saturated carbocycles. The number of amides is 1. The Morgan fingerprint density at radius 1 is 1.31 bits per heavy atom. The van der Waals surface area contributed by atoms with Crippen molar-refractivity contribution in [3.8, 4) is 23.7 Å². The average molecular weight is 460 g/mol. The van der Waals surface area contributed by atoms with Crippen molar-refractivity contribution in [1.82, 2.24) is 15.3 Å². The van der Waals surface area contributed by atoms with E-state index < -0.39 is 34.6 Å². The Hall–Kier alpha value is -2.73. The Balaban J connectivity index is 1.68. The Labute approximate surface area is 188 Å². The van der Waals surface area contributed by atoms with Gasteiger partial charge in [0.1, 0.15) is 0 Å². The molecule has 0 radical (unpaired) electrons. The van der Waals surface area contributed by atoms with Gasteiger partial charge in [-0.15, -0.1) is 0 Å². The molecule has 0 spiro atoms. The summed E-state index contributed by atoms with van der Waals surface area (Å²) in [6.45, 7) is 1.82. The first-order valence-corrected chi connectivity index (χ1v) is 11.3. The lowest BCUT2D eigenvalue weighted by Crippen LogP contribution is -2.42. The van der Waals surface area contributed by atoms with E-state index in [1.54, 1.807) is 16.4 Å². The largest absolute Gasteiger partial charge is 0.390 e. The van der Waals surface area contributed by atoms with Crippen LogP contribution in [-0.4, -0.2) is 57.8 Å². The first kappa shape index (κ1) is 23.9. The monoisotopic (exact) mass is 459 g/mol. The molecule has 0 saturated heterocycles. The number of nitrogens with zero attached hydrogens (tertiary/aromatic N) is 2. The zero-order chi connectivity index (χ0) is 23.3. The van der Waals surface area contributed by atoms with Crippen LogP contribution in [0.4, 0.5) is 0 Å². The molecule has 5 N–H and O–H groups in total. The van der Waals surface area contributed by atoms with Gasteiger partial charge in [-0.25, -0.2) is 9.69 Å². The molecule has 5 atom stereocenters. The van der Waals surface area contributed by atoms with Gasteiger partial charge in [0.15, 0.2) is 11.1 Å². The number of aryl methyl sites for hydroxylation is 1. The molecule has 0 aliphatic heterocycles. The third-order valence-electron chi connectivity index (χ3n) is 5.58. The summed E-state index contributed by atoms with van der Waals surface area (Å²) >= 11 is -2.19. The predicted octanol–water partition coefficient (Wildman–Crippen LogP) is 0.646. The van der Waals surface area contributed by atoms with Gasteiger partial charge in [-0.3, -0.25) is 14.7 Å². The number of hydroxylamine groups is 1. The molecule has 10 heteroatoms. The minimum absolute atomic E-state index is 0.0585. The van der Waals surface area contributed by atoms with Crippen molar-refractivity contribution in [2.45, 2.75) is 44.9 Å². The van der Waals surface area contributed by atoms with Crippen molar-refractivity contribution in [1.29, 1.82) is 0 Å². The summed E-state index contributed by atoms with van der Waals surface area (Å²) in [7, 11) is 0. The summed E-state index contributed by atoms with van der Waals surface area (Å²) in [5, 5.41) is 33.3. The highest BCUT2D eigenvalue weighted by Gasteiger charge is 2.35. The maximum absolute atomic E-state index is 12.0. The summed E-state index contributed by atoms with van der Waals surface area (Å²) in [5.41, 5.74) is 1.81. The second-order valence-corrected chi connectivity index (χ2v) is 9.14. The van der Waals surface area contributed by atoms with E-state index in [9.17, 15) is 23.8 Å². The van der Waals surface area contributed by atoms with Crippen molar-refractivity contribution in [2.75, 3.05) is 5.75 Å². The number of aliphatic hydroxyl groups excluding tert-OH is 2. The molecule has 1 aliphatic carbocycles. The van der Waals surface area contributed by atoms with Gasteiger partial charge >= 0.3 is 0 Å². The molecular formula is C22H25N3O6S. The first-order valence-electron chi connectivity index (χ1n) is 10.1. The number of carbonyl (C=O) groups excluding carboxylic acids is 1. The van der Waals surface area contributed by atoms with Crippen LogP contribution in [0.25, 0.3) is 10.9 Å². The number of hydrogen-bond acceptors (Lipinski definition) is 6. The van der Waals surface area contributed by atoms with Crippen LogP contribution >= 0.6 is 0 Å². The third kappa shape index (κ3) is 5.94. The number of fused-ring (bicyclic) bond motifs is 1. The van der Waals surface area contributed by atoms with Crippen molar-refractivity contribution in [2.24, 2.45) is 11.3 Å². The van der Waals surface area contributed by atoms with E-state index in [1.165, 1.54) is 6.92 Å². The molecule has 2 aromatic rings. The number of rotatable bonds is 6. The van der Waals surface area contributed by atoms with E-state index >= 15 is 0 Å². The second kappa shape index (κ2) is 10.3. The molecule has 0 bridgehead atoms. The minimum Gasteiger partial charge on any atom is -0.390 e. The van der Waals surface area contributed by atoms with Crippen molar-refractivity contribution in [3.05, 3.63) is 30.0 Å². The lowest BCUT2D eigenvalue weighted by molar-refractivity contribution is -0.138. The van der Waals surface area contributed by atoms with Crippen LogP contribution in [0.5, 0.6) is 0 Å². The molecule has 1 heterocycles. The first-order chi connectivity index (χ1) is 15.2. The molecule has 1 fully saturated rings. The van der Waals surface area contributed by atoms with E-state index in [4.69, 9.17) is 5.21 Å². The van der Waals surface area contributed by atoms with Crippen LogP contribution < -0.4 is 5.48 Å². The van der Waals surface area contributed by atoms with Gasteiger partial charge in [0.25, 0.3) is 0 Å². The summed E-state index contributed by atoms with van der Waals surface area (Å²) < 4.78 is 22.1. The molecular weight excluding hydrogens is 434 g/mol. The number of aromatic nitrogens is 2. The van der Waals surface area contributed by atoms with Crippen LogP contribution in [0.1, 0.15) is 31.7 Å². The highest BCUT2D eigenvalue weighted by atomic mass is 32.2. The van der Waals surface area contributed by atoms with E-state index in [0.29, 0.717) is 19.4 Å². The molecule has 1 aliphatic rings. The lowest BCUT2D eigenvalue weighted by atomic mass is 9.88. The maximum atomic E-state index is 12.0. The number of benzene rings is 1. The van der Waals surface area contributed by atoms with Gasteiger partial charge in [0.2, 0.25) is 5.91 Å². The quantitative estimate of drug-likeness (QED) is 0.185. The van der Waals surface area contributed by atoms with Crippen LogP contribution in [0.2, 0.25) is 0 Å². The lowest BCUT2D eigenvalue weighted by Gasteiger charge is -2.25. The van der Waals surface area contributed by atoms with Gasteiger partial charge in [-0.1, -0.05) is 11.8 Å². The zero-order valence-electron chi connectivity index (χ0n) is 17.5. The Morgan fingerprint density at radius 3 is 2.69 bits per heavy atom. The van der Waals surface area contributed by atoms with Crippen LogP contribution in [0.3, 0.4) is 0 Å². The highest BCUT2D eigenvalue weighted by molar-refractivity contribution is 7.79. The van der Waals surface area contributed by atoms with Crippen LogP contribution in [-0.2, 0) is 22.4 Å². The number of nitrogens with one attached hydrogen (secondary N) is 1. The van der Waals surface area contributed by atoms with Crippen molar-refractivity contribution < 1.29 is 29.0 Å². The molecule has 9 nitrogen and oxygen atoms in total. The normalized spacial score (nSPS) is 22.8. The SMILES string of the molecule is C[C@](CCn1cc2cc(C#CC#CC3C[C@@H](O)[C@@H](O)C3)ccc2n1)(CS(=O)O)C(=O)NO. The van der Waals surface area contributed by atoms with Gasteiger partial charge < -0.3 is 14.8 Å². The number of hydrogen-bond donors (Lipinski definition) is 5. The smallest absolute Gasteiger partial charge is 0.250 e. The molecule has 1 amide bonds. The van der Waals surface area contributed by atoms with Crippen LogP contribution in [0.15, 0.2) is 24.4 Å². The fourth-order valence-electron chi connectivity index (χ4n) is 3.64. The fraction of sp³-hybridized carbons (Fsp3) is 0.455. The Morgan fingerprint density at radius 2 is 2.03 bits per heavy atom. The molecule has 32 heavy (non-hydrogen) atoms. The van der Waals surface area contributed by atoms with Crippen molar-refractivity contribution >= 4 is 27.9 Å². The van der Waals surface area contributed by atoms with Crippen molar-refractivity contribution in [3.63, 3.8) is 0 Å². The fourth-order valence-corrected chi connectivity index (χ4v) is 4.46. The topological polar surface area (TPSA) is 145 Å². The summed E-state index contributed by atoms with van der Waals surface area (Å²) in [6.07, 6.45) is 1.46. The third-order valence-corrected chi connectivity index (χ3v) is 6.46.